The Labute approximate surface area is 173 Å². The van der Waals surface area contributed by atoms with Crippen LogP contribution in [0.1, 0.15) is 23.2 Å². The summed E-state index contributed by atoms with van der Waals surface area (Å²) in [6, 6.07) is 7.49. The average molecular weight is 405 g/mol. The largest absolute Gasteiger partial charge is 0.479 e. The molecule has 0 saturated carbocycles. The van der Waals surface area contributed by atoms with Gasteiger partial charge in [-0.15, -0.1) is 10.2 Å². The van der Waals surface area contributed by atoms with E-state index in [1.807, 2.05) is 45.2 Å². The Morgan fingerprint density at radius 3 is 2.77 bits per heavy atom. The van der Waals surface area contributed by atoms with Gasteiger partial charge in [-0.3, -0.25) is 4.79 Å². The predicted molar refractivity (Wildman–Crippen MR) is 113 cm³/mol. The number of anilines is 1. The molecule has 4 rings (SSSR count). The molecule has 0 fully saturated rings. The van der Waals surface area contributed by atoms with Gasteiger partial charge >= 0.3 is 0 Å². The number of nitrogens with zero attached hydrogens (tertiary/aromatic N) is 6. The Hall–Kier alpha value is -3.75. The second-order valence-electron chi connectivity index (χ2n) is 7.05. The predicted octanol–water partition coefficient (Wildman–Crippen LogP) is 2.75. The number of carbonyl (C=O) groups is 1. The number of amides is 1. The maximum Gasteiger partial charge on any atom is 0.242 e. The van der Waals surface area contributed by atoms with E-state index < -0.39 is 0 Å². The minimum atomic E-state index is -0.0837. The van der Waals surface area contributed by atoms with Crippen LogP contribution in [0.2, 0.25) is 0 Å². The molecule has 0 spiro atoms. The third kappa shape index (κ3) is 3.49. The summed E-state index contributed by atoms with van der Waals surface area (Å²) in [7, 11) is 3.44. The first-order valence-electron chi connectivity index (χ1n) is 9.62. The number of hydrogen-bond donors (Lipinski definition) is 1. The molecular formula is C21H23N7O2. The summed E-state index contributed by atoms with van der Waals surface area (Å²) in [4.78, 5) is 17.4. The van der Waals surface area contributed by atoms with Gasteiger partial charge in [-0.25, -0.2) is 14.3 Å². The SMILES string of the molecule is COc1nn(C)c2nc(C)c(CCC(=O)Nc3ccccc3-n3ccnn3)c(C)c12. The molecule has 9 heteroatoms. The molecule has 0 radical (unpaired) electrons. The van der Waals surface area contributed by atoms with Crippen LogP contribution in [0, 0.1) is 13.8 Å². The van der Waals surface area contributed by atoms with Crippen LogP contribution in [-0.2, 0) is 18.3 Å². The van der Waals surface area contributed by atoms with Crippen molar-refractivity contribution >= 4 is 22.6 Å². The summed E-state index contributed by atoms with van der Waals surface area (Å²) in [5.74, 6) is 0.463. The molecule has 1 N–H and O–H groups in total. The number of hydrogen-bond acceptors (Lipinski definition) is 6. The minimum absolute atomic E-state index is 0.0837. The highest BCUT2D eigenvalue weighted by atomic mass is 16.5. The van der Waals surface area contributed by atoms with Gasteiger partial charge in [-0.2, -0.15) is 0 Å². The molecule has 0 saturated heterocycles. The molecule has 1 amide bonds. The number of rotatable bonds is 6. The fraction of sp³-hybridized carbons (Fsp3) is 0.286. The van der Waals surface area contributed by atoms with Gasteiger partial charge in [0, 0.05) is 19.2 Å². The van der Waals surface area contributed by atoms with Gasteiger partial charge in [-0.1, -0.05) is 17.3 Å². The van der Waals surface area contributed by atoms with Crippen LogP contribution in [0.3, 0.4) is 0 Å². The van der Waals surface area contributed by atoms with Crippen molar-refractivity contribution in [2.75, 3.05) is 12.4 Å². The van der Waals surface area contributed by atoms with Crippen LogP contribution in [0.25, 0.3) is 16.7 Å². The monoisotopic (exact) mass is 405 g/mol. The van der Waals surface area contributed by atoms with E-state index in [4.69, 9.17) is 4.74 Å². The smallest absolute Gasteiger partial charge is 0.242 e. The summed E-state index contributed by atoms with van der Waals surface area (Å²) in [6.45, 7) is 3.98. The first-order chi connectivity index (χ1) is 14.5. The van der Waals surface area contributed by atoms with E-state index in [-0.39, 0.29) is 5.91 Å². The van der Waals surface area contributed by atoms with Crippen LogP contribution < -0.4 is 10.1 Å². The highest BCUT2D eigenvalue weighted by Gasteiger charge is 2.18. The molecule has 4 aromatic rings. The lowest BCUT2D eigenvalue weighted by molar-refractivity contribution is -0.116. The van der Waals surface area contributed by atoms with E-state index in [9.17, 15) is 4.79 Å². The lowest BCUT2D eigenvalue weighted by Crippen LogP contribution is -2.15. The number of para-hydroxylation sites is 2. The summed E-state index contributed by atoms with van der Waals surface area (Å²) in [5.41, 5.74) is 5.19. The molecule has 1 aromatic carbocycles. The number of carbonyl (C=O) groups excluding carboxylic acids is 1. The van der Waals surface area contributed by atoms with Crippen LogP contribution in [-0.4, -0.2) is 42.8 Å². The highest BCUT2D eigenvalue weighted by molar-refractivity contribution is 5.93. The number of methoxy groups -OCH3 is 1. The van der Waals surface area contributed by atoms with Crippen LogP contribution >= 0.6 is 0 Å². The zero-order valence-electron chi connectivity index (χ0n) is 17.4. The molecule has 3 aromatic heterocycles. The fourth-order valence-corrected chi connectivity index (χ4v) is 3.67. The van der Waals surface area contributed by atoms with Gasteiger partial charge in [-0.05, 0) is 43.5 Å². The maximum absolute atomic E-state index is 12.7. The topological polar surface area (TPSA) is 99.8 Å². The van der Waals surface area contributed by atoms with Gasteiger partial charge in [0.2, 0.25) is 11.8 Å². The van der Waals surface area contributed by atoms with Crippen LogP contribution in [0.15, 0.2) is 36.7 Å². The summed E-state index contributed by atoms with van der Waals surface area (Å²) >= 11 is 0. The number of benzene rings is 1. The third-order valence-corrected chi connectivity index (χ3v) is 5.17. The molecule has 9 nitrogen and oxygen atoms in total. The molecule has 0 bridgehead atoms. The number of aryl methyl sites for hydroxylation is 3. The van der Waals surface area contributed by atoms with Gasteiger partial charge in [0.05, 0.1) is 36.3 Å². The highest BCUT2D eigenvalue weighted by Crippen LogP contribution is 2.30. The number of fused-ring (bicyclic) bond motifs is 1. The van der Waals surface area contributed by atoms with Crippen molar-refractivity contribution < 1.29 is 9.53 Å². The van der Waals surface area contributed by atoms with E-state index in [1.165, 1.54) is 0 Å². The minimum Gasteiger partial charge on any atom is -0.479 e. The zero-order chi connectivity index (χ0) is 21.3. The van der Waals surface area contributed by atoms with Crippen molar-refractivity contribution in [3.63, 3.8) is 0 Å². The molecule has 3 heterocycles. The first kappa shape index (κ1) is 19.6. The van der Waals surface area contributed by atoms with Crippen molar-refractivity contribution in [3.05, 3.63) is 53.5 Å². The van der Waals surface area contributed by atoms with E-state index in [1.54, 1.807) is 28.9 Å². The Balaban J connectivity index is 1.55. The van der Waals surface area contributed by atoms with Crippen molar-refractivity contribution in [2.24, 2.45) is 7.05 Å². The summed E-state index contributed by atoms with van der Waals surface area (Å²) in [5, 5.41) is 16.1. The van der Waals surface area contributed by atoms with Gasteiger partial charge in [0.25, 0.3) is 0 Å². The third-order valence-electron chi connectivity index (χ3n) is 5.17. The van der Waals surface area contributed by atoms with Crippen LogP contribution in [0.4, 0.5) is 5.69 Å². The maximum atomic E-state index is 12.7. The Morgan fingerprint density at radius 1 is 1.23 bits per heavy atom. The van der Waals surface area contributed by atoms with Crippen molar-refractivity contribution in [2.45, 2.75) is 26.7 Å². The Bertz CT molecular complexity index is 1210. The lowest BCUT2D eigenvalue weighted by Gasteiger charge is -2.13. The lowest BCUT2D eigenvalue weighted by atomic mass is 10.00. The Kier molecular flexibility index (Phi) is 5.18. The van der Waals surface area contributed by atoms with E-state index in [0.717, 1.165) is 33.5 Å². The average Bonchev–Trinajstić information content (AvgIpc) is 3.37. The quantitative estimate of drug-likeness (QED) is 0.529. The van der Waals surface area contributed by atoms with Crippen LogP contribution in [0.5, 0.6) is 5.88 Å². The van der Waals surface area contributed by atoms with Crippen molar-refractivity contribution in [3.8, 4) is 11.6 Å². The fourth-order valence-electron chi connectivity index (χ4n) is 3.67. The molecule has 154 valence electrons. The second kappa shape index (κ2) is 7.94. The van der Waals surface area contributed by atoms with Crippen molar-refractivity contribution in [1.82, 2.24) is 29.8 Å². The zero-order valence-corrected chi connectivity index (χ0v) is 17.4. The Morgan fingerprint density at radius 2 is 2.03 bits per heavy atom. The number of nitrogens with one attached hydrogen (secondary N) is 1. The van der Waals surface area contributed by atoms with Gasteiger partial charge in [0.15, 0.2) is 5.65 Å². The molecule has 0 aliphatic rings. The van der Waals surface area contributed by atoms with E-state index >= 15 is 0 Å². The molecule has 0 atom stereocenters. The standard InChI is InChI=1S/C21H23N7O2/c1-13-15(14(2)23-20-19(13)21(30-4)25-27(20)3)9-10-18(29)24-16-7-5-6-8-17(16)28-12-11-22-26-28/h5-8,11-12H,9-10H2,1-4H3,(H,24,29). The first-order valence-corrected chi connectivity index (χ1v) is 9.62. The van der Waals surface area contributed by atoms with Crippen molar-refractivity contribution in [1.29, 1.82) is 0 Å². The molecule has 0 unspecified atom stereocenters. The number of pyridine rings is 1. The summed E-state index contributed by atoms with van der Waals surface area (Å²) in [6.07, 6.45) is 4.22. The molecule has 0 aliphatic heterocycles. The molecule has 30 heavy (non-hydrogen) atoms. The van der Waals surface area contributed by atoms with E-state index in [0.29, 0.717) is 24.4 Å². The van der Waals surface area contributed by atoms with Gasteiger partial charge < -0.3 is 10.1 Å². The van der Waals surface area contributed by atoms with Gasteiger partial charge in [0.1, 0.15) is 0 Å². The summed E-state index contributed by atoms with van der Waals surface area (Å²) < 4.78 is 8.75. The number of ether oxygens (including phenoxy) is 1. The molecule has 0 aliphatic carbocycles. The number of aromatic nitrogens is 6. The van der Waals surface area contributed by atoms with E-state index in [2.05, 4.69) is 25.7 Å². The normalized spacial score (nSPS) is 11.1. The molecular weight excluding hydrogens is 382 g/mol. The second-order valence-corrected chi connectivity index (χ2v) is 7.05.